The lowest BCUT2D eigenvalue weighted by Crippen LogP contribution is -2.19. The summed E-state index contributed by atoms with van der Waals surface area (Å²) in [7, 11) is 3.44. The van der Waals surface area contributed by atoms with Gasteiger partial charge in [0.25, 0.3) is 5.91 Å². The highest BCUT2D eigenvalue weighted by Gasteiger charge is 2.18. The smallest absolute Gasteiger partial charge is 0.321 e. The zero-order valence-corrected chi connectivity index (χ0v) is 18.6. The van der Waals surface area contributed by atoms with Crippen LogP contribution in [0.2, 0.25) is 5.02 Å². The van der Waals surface area contributed by atoms with E-state index in [1.165, 1.54) is 11.3 Å². The number of thiophene rings is 1. The van der Waals surface area contributed by atoms with E-state index in [0.717, 1.165) is 32.6 Å². The first-order chi connectivity index (χ1) is 14.8. The van der Waals surface area contributed by atoms with Crippen molar-refractivity contribution < 1.29 is 4.79 Å². The van der Waals surface area contributed by atoms with E-state index in [0.29, 0.717) is 15.6 Å². The fraction of sp³-hybridized carbons (Fsp3) is 0.136. The Morgan fingerprint density at radius 2 is 1.84 bits per heavy atom. The van der Waals surface area contributed by atoms with Crippen molar-refractivity contribution in [3.05, 3.63) is 74.6 Å². The number of aromatic nitrogens is 4. The quantitative estimate of drug-likeness (QED) is 0.439. The third kappa shape index (κ3) is 3.15. The number of fused-ring (bicyclic) bond motifs is 2. The molecule has 0 bridgehead atoms. The van der Waals surface area contributed by atoms with Crippen LogP contribution in [0.15, 0.2) is 53.3 Å². The standard InChI is InChI=1S/C22H18ClN5O2S/c1-12-16-11-19(31-21(16)28(25-12)15-6-4-5-13(23)9-15)20(29)24-14-7-8-17-18(10-14)27(3)22(30)26(17)2/h4-11H,1-3H3,(H,24,29). The molecule has 5 aromatic rings. The van der Waals surface area contributed by atoms with E-state index >= 15 is 0 Å². The molecule has 0 aliphatic carbocycles. The summed E-state index contributed by atoms with van der Waals surface area (Å²) in [5.41, 5.74) is 3.77. The van der Waals surface area contributed by atoms with Gasteiger partial charge < -0.3 is 5.32 Å². The van der Waals surface area contributed by atoms with Gasteiger partial charge in [0.15, 0.2) is 0 Å². The first kappa shape index (κ1) is 19.6. The molecule has 0 atom stereocenters. The van der Waals surface area contributed by atoms with Crippen LogP contribution in [0.3, 0.4) is 0 Å². The van der Waals surface area contributed by atoms with E-state index in [1.54, 1.807) is 35.4 Å². The highest BCUT2D eigenvalue weighted by atomic mass is 35.5. The molecule has 2 aromatic carbocycles. The van der Waals surface area contributed by atoms with Gasteiger partial charge in [-0.1, -0.05) is 17.7 Å². The van der Waals surface area contributed by atoms with Gasteiger partial charge in [-0.05, 0) is 49.4 Å². The second-order valence-electron chi connectivity index (χ2n) is 7.36. The maximum absolute atomic E-state index is 13.0. The molecule has 0 saturated heterocycles. The number of halogens is 1. The number of carbonyl (C=O) groups is 1. The van der Waals surface area contributed by atoms with Crippen LogP contribution in [0.1, 0.15) is 15.4 Å². The first-order valence-electron chi connectivity index (χ1n) is 9.55. The number of aryl methyl sites for hydroxylation is 3. The fourth-order valence-corrected chi connectivity index (χ4v) is 4.98. The number of carbonyl (C=O) groups excluding carboxylic acids is 1. The van der Waals surface area contributed by atoms with Gasteiger partial charge in [-0.2, -0.15) is 5.10 Å². The van der Waals surface area contributed by atoms with Crippen LogP contribution in [-0.2, 0) is 14.1 Å². The molecule has 1 N–H and O–H groups in total. The third-order valence-corrected chi connectivity index (χ3v) is 6.70. The molecular weight excluding hydrogens is 434 g/mol. The summed E-state index contributed by atoms with van der Waals surface area (Å²) in [6.45, 7) is 1.92. The normalized spacial score (nSPS) is 11.5. The molecule has 0 aliphatic rings. The van der Waals surface area contributed by atoms with Gasteiger partial charge in [0.2, 0.25) is 0 Å². The SMILES string of the molecule is Cc1nn(-c2cccc(Cl)c2)c2sc(C(=O)Nc3ccc4c(c3)n(C)c(=O)n4C)cc12. The van der Waals surface area contributed by atoms with Gasteiger partial charge >= 0.3 is 5.69 Å². The Balaban J connectivity index is 1.51. The van der Waals surface area contributed by atoms with Crippen LogP contribution >= 0.6 is 22.9 Å². The molecule has 0 fully saturated rings. The number of nitrogens with one attached hydrogen (secondary N) is 1. The van der Waals surface area contributed by atoms with Crippen LogP contribution in [-0.4, -0.2) is 24.8 Å². The highest BCUT2D eigenvalue weighted by Crippen LogP contribution is 2.31. The second kappa shape index (κ2) is 7.11. The van der Waals surface area contributed by atoms with Gasteiger partial charge in [0.1, 0.15) is 4.83 Å². The monoisotopic (exact) mass is 451 g/mol. The molecular formula is C22H18ClN5O2S. The number of rotatable bonds is 3. The number of benzene rings is 2. The molecule has 31 heavy (non-hydrogen) atoms. The van der Waals surface area contributed by atoms with Crippen molar-refractivity contribution in [1.82, 2.24) is 18.9 Å². The molecule has 1 amide bonds. The number of anilines is 1. The third-order valence-electron chi connectivity index (χ3n) is 5.35. The summed E-state index contributed by atoms with van der Waals surface area (Å²) in [6, 6.07) is 14.7. The number of hydrogen-bond acceptors (Lipinski definition) is 4. The summed E-state index contributed by atoms with van der Waals surface area (Å²) < 4.78 is 4.95. The van der Waals surface area contributed by atoms with E-state index in [1.807, 2.05) is 48.0 Å². The molecule has 5 rings (SSSR count). The number of hydrogen-bond donors (Lipinski definition) is 1. The van der Waals surface area contributed by atoms with Gasteiger partial charge in [0.05, 0.1) is 27.3 Å². The summed E-state index contributed by atoms with van der Waals surface area (Å²) in [4.78, 5) is 26.6. The molecule has 0 aliphatic heterocycles. The number of imidazole rings is 1. The van der Waals surface area contributed by atoms with E-state index < -0.39 is 0 Å². The van der Waals surface area contributed by atoms with Crippen LogP contribution in [0.25, 0.3) is 26.9 Å². The lowest BCUT2D eigenvalue weighted by atomic mass is 10.2. The summed E-state index contributed by atoms with van der Waals surface area (Å²) in [6.07, 6.45) is 0. The Hall–Kier alpha value is -3.36. The average molecular weight is 452 g/mol. The molecule has 156 valence electrons. The van der Waals surface area contributed by atoms with Gasteiger partial charge in [0, 0.05) is 30.2 Å². The highest BCUT2D eigenvalue weighted by molar-refractivity contribution is 7.20. The fourth-order valence-electron chi connectivity index (χ4n) is 3.72. The lowest BCUT2D eigenvalue weighted by Gasteiger charge is -2.05. The van der Waals surface area contributed by atoms with Crippen molar-refractivity contribution >= 4 is 55.8 Å². The van der Waals surface area contributed by atoms with E-state index in [9.17, 15) is 9.59 Å². The van der Waals surface area contributed by atoms with Crippen LogP contribution < -0.4 is 11.0 Å². The van der Waals surface area contributed by atoms with Gasteiger partial charge in [-0.25, -0.2) is 9.48 Å². The number of amides is 1. The molecule has 0 saturated carbocycles. The average Bonchev–Trinajstić information content (AvgIpc) is 3.38. The summed E-state index contributed by atoms with van der Waals surface area (Å²) >= 11 is 7.51. The van der Waals surface area contributed by atoms with E-state index in [4.69, 9.17) is 11.6 Å². The second-order valence-corrected chi connectivity index (χ2v) is 8.83. The van der Waals surface area contributed by atoms with Crippen LogP contribution in [0.4, 0.5) is 5.69 Å². The van der Waals surface area contributed by atoms with Crippen molar-refractivity contribution in [3.8, 4) is 5.69 Å². The molecule has 3 aromatic heterocycles. The number of nitrogens with zero attached hydrogens (tertiary/aromatic N) is 4. The minimum absolute atomic E-state index is 0.107. The Bertz CT molecular complexity index is 1560. The van der Waals surface area contributed by atoms with Crippen LogP contribution in [0.5, 0.6) is 0 Å². The van der Waals surface area contributed by atoms with Gasteiger partial charge in [-0.15, -0.1) is 11.3 Å². The maximum atomic E-state index is 13.0. The Morgan fingerprint density at radius 1 is 1.06 bits per heavy atom. The molecule has 3 heterocycles. The van der Waals surface area contributed by atoms with E-state index in [-0.39, 0.29) is 11.6 Å². The van der Waals surface area contributed by atoms with Crippen molar-refractivity contribution in [2.75, 3.05) is 5.32 Å². The molecule has 0 spiro atoms. The summed E-state index contributed by atoms with van der Waals surface area (Å²) in [5, 5.41) is 9.09. The largest absolute Gasteiger partial charge is 0.328 e. The van der Waals surface area contributed by atoms with Crippen molar-refractivity contribution in [3.63, 3.8) is 0 Å². The van der Waals surface area contributed by atoms with Crippen molar-refractivity contribution in [2.24, 2.45) is 14.1 Å². The first-order valence-corrected chi connectivity index (χ1v) is 10.7. The summed E-state index contributed by atoms with van der Waals surface area (Å²) in [5.74, 6) is -0.210. The minimum Gasteiger partial charge on any atom is -0.321 e. The minimum atomic E-state index is -0.210. The Kier molecular flexibility index (Phi) is 4.49. The molecule has 0 unspecified atom stereocenters. The maximum Gasteiger partial charge on any atom is 0.328 e. The zero-order valence-electron chi connectivity index (χ0n) is 17.0. The van der Waals surface area contributed by atoms with Crippen molar-refractivity contribution in [1.29, 1.82) is 0 Å². The molecule has 0 radical (unpaired) electrons. The van der Waals surface area contributed by atoms with Crippen molar-refractivity contribution in [2.45, 2.75) is 6.92 Å². The Morgan fingerprint density at radius 3 is 2.61 bits per heavy atom. The topological polar surface area (TPSA) is 73.8 Å². The zero-order chi connectivity index (χ0) is 21.9. The molecule has 9 heteroatoms. The van der Waals surface area contributed by atoms with Gasteiger partial charge in [-0.3, -0.25) is 13.9 Å². The molecule has 7 nitrogen and oxygen atoms in total. The lowest BCUT2D eigenvalue weighted by molar-refractivity contribution is 0.103. The predicted octanol–water partition coefficient (Wildman–Crippen LogP) is 4.49. The van der Waals surface area contributed by atoms with E-state index in [2.05, 4.69) is 10.4 Å². The Labute approximate surface area is 186 Å². The van der Waals surface area contributed by atoms with Crippen LogP contribution in [0, 0.1) is 6.92 Å². The predicted molar refractivity (Wildman–Crippen MR) is 125 cm³/mol.